The highest BCUT2D eigenvalue weighted by molar-refractivity contribution is 5.73. The second-order valence-corrected chi connectivity index (χ2v) is 5.04. The van der Waals surface area contributed by atoms with Gasteiger partial charge in [-0.15, -0.1) is 20.4 Å². The molecule has 0 saturated heterocycles. The van der Waals surface area contributed by atoms with Crippen LogP contribution in [0.25, 0.3) is 21.8 Å². The molecule has 2 aromatic rings. The van der Waals surface area contributed by atoms with Gasteiger partial charge in [0.2, 0.25) is 5.82 Å². The molecule has 0 bridgehead atoms. The van der Waals surface area contributed by atoms with E-state index in [0.717, 1.165) is 11.1 Å². The average molecular weight is 328 g/mol. The summed E-state index contributed by atoms with van der Waals surface area (Å²) in [6.07, 6.45) is 1.41. The third-order valence-electron chi connectivity index (χ3n) is 3.23. The van der Waals surface area contributed by atoms with E-state index >= 15 is 0 Å². The van der Waals surface area contributed by atoms with E-state index in [4.69, 9.17) is 16.4 Å². The quantitative estimate of drug-likeness (QED) is 0.317. The van der Waals surface area contributed by atoms with Crippen molar-refractivity contribution in [1.29, 1.82) is 0 Å². The average Bonchev–Trinajstić information content (AvgIpc) is 2.60. The molecule has 124 valence electrons. The molecule has 0 aliphatic carbocycles. The minimum atomic E-state index is -1.04. The molecule has 0 saturated carbocycles. The van der Waals surface area contributed by atoms with Gasteiger partial charge >= 0.3 is 5.97 Å². The first-order valence-corrected chi connectivity index (χ1v) is 7.25. The maximum Gasteiger partial charge on any atom is 0.320 e. The van der Waals surface area contributed by atoms with Gasteiger partial charge in [-0.3, -0.25) is 4.79 Å². The normalized spacial score (nSPS) is 11.5. The largest absolute Gasteiger partial charge is 0.480 e. The number of rotatable bonds is 8. The number of nitrogens with zero attached hydrogens (tertiary/aromatic N) is 7. The van der Waals surface area contributed by atoms with Gasteiger partial charge in [-0.25, -0.2) is 0 Å². The summed E-state index contributed by atoms with van der Waals surface area (Å²) in [7, 11) is 0. The summed E-state index contributed by atoms with van der Waals surface area (Å²) in [5, 5.41) is 28.3. The zero-order valence-corrected chi connectivity index (χ0v) is 12.8. The van der Waals surface area contributed by atoms with Gasteiger partial charge in [0.05, 0.1) is 0 Å². The molecule has 0 unspecified atom stereocenters. The molecule has 2 rings (SSSR count). The molecule has 0 spiro atoms. The summed E-state index contributed by atoms with van der Waals surface area (Å²) in [6.45, 7) is 0.377. The Morgan fingerprint density at radius 1 is 1.25 bits per heavy atom. The molecule has 3 N–H and O–H groups in total. The van der Waals surface area contributed by atoms with Crippen molar-refractivity contribution >= 4 is 5.97 Å². The van der Waals surface area contributed by atoms with Crippen molar-refractivity contribution in [3.05, 3.63) is 46.1 Å². The molecule has 0 amide bonds. The van der Waals surface area contributed by atoms with E-state index in [1.165, 1.54) is 0 Å². The molecule has 0 radical (unpaired) electrons. The monoisotopic (exact) mass is 328 g/mol. The maximum atomic E-state index is 10.8. The van der Waals surface area contributed by atoms with Crippen LogP contribution in [-0.2, 0) is 17.6 Å². The van der Waals surface area contributed by atoms with Crippen LogP contribution < -0.4 is 5.73 Å². The molecule has 1 aromatic heterocycles. The molecule has 0 aliphatic heterocycles. The second-order valence-electron chi connectivity index (χ2n) is 5.04. The lowest BCUT2D eigenvalue weighted by molar-refractivity contribution is -0.138. The molecular formula is C14H16N8O2. The molecular weight excluding hydrogens is 312 g/mol. The van der Waals surface area contributed by atoms with Crippen molar-refractivity contribution in [3.63, 3.8) is 0 Å². The van der Waals surface area contributed by atoms with Crippen molar-refractivity contribution in [2.75, 3.05) is 6.54 Å². The maximum absolute atomic E-state index is 10.8. The Labute approximate surface area is 137 Å². The van der Waals surface area contributed by atoms with Gasteiger partial charge < -0.3 is 10.8 Å². The first kappa shape index (κ1) is 17.3. The number of azide groups is 1. The standard InChI is InChI=1S/C14H16N8O2/c15-11(14(23)24)8-9-3-5-10(6-4-9)13-20-18-12(19-21-13)2-1-7-17-22-16/h3-6,11H,1-2,7-8,15H2,(H,23,24)/t11-/m0/s1. The van der Waals surface area contributed by atoms with Crippen LogP contribution in [0.15, 0.2) is 29.4 Å². The van der Waals surface area contributed by atoms with Crippen molar-refractivity contribution in [2.24, 2.45) is 10.8 Å². The summed E-state index contributed by atoms with van der Waals surface area (Å²) < 4.78 is 0. The van der Waals surface area contributed by atoms with Crippen molar-refractivity contribution in [1.82, 2.24) is 20.4 Å². The van der Waals surface area contributed by atoms with E-state index in [9.17, 15) is 4.79 Å². The Balaban J connectivity index is 1.98. The Hall–Kier alpha value is -3.10. The van der Waals surface area contributed by atoms with Gasteiger partial charge in [0.15, 0.2) is 5.82 Å². The first-order valence-electron chi connectivity index (χ1n) is 7.25. The van der Waals surface area contributed by atoms with Crippen molar-refractivity contribution in [2.45, 2.75) is 25.3 Å². The SMILES string of the molecule is [N-]=[N+]=NCCCc1nnc(-c2ccc(C[C@H](N)C(=O)O)cc2)nn1. The highest BCUT2D eigenvalue weighted by atomic mass is 16.4. The number of aromatic nitrogens is 4. The molecule has 0 aliphatic rings. The summed E-state index contributed by atoms with van der Waals surface area (Å²) in [4.78, 5) is 13.4. The topological polar surface area (TPSA) is 164 Å². The van der Waals surface area contributed by atoms with Crippen LogP contribution in [-0.4, -0.2) is 44.1 Å². The van der Waals surface area contributed by atoms with Crippen LogP contribution in [0.3, 0.4) is 0 Å². The van der Waals surface area contributed by atoms with Crippen molar-refractivity contribution < 1.29 is 9.90 Å². The fourth-order valence-electron chi connectivity index (χ4n) is 1.95. The number of carbonyl (C=O) groups is 1. The number of nitrogens with two attached hydrogens (primary N) is 1. The van der Waals surface area contributed by atoms with Gasteiger partial charge in [0.1, 0.15) is 6.04 Å². The number of benzene rings is 1. The summed E-state index contributed by atoms with van der Waals surface area (Å²) >= 11 is 0. The van der Waals surface area contributed by atoms with E-state index < -0.39 is 12.0 Å². The van der Waals surface area contributed by atoms with Gasteiger partial charge in [0, 0.05) is 23.4 Å². The van der Waals surface area contributed by atoms with E-state index in [0.29, 0.717) is 31.0 Å². The first-order chi connectivity index (χ1) is 11.6. The van der Waals surface area contributed by atoms with Gasteiger partial charge in [-0.2, -0.15) is 0 Å². The van der Waals surface area contributed by atoms with E-state index in [2.05, 4.69) is 30.4 Å². The van der Waals surface area contributed by atoms with E-state index in [1.54, 1.807) is 24.3 Å². The van der Waals surface area contributed by atoms with Gasteiger partial charge in [-0.1, -0.05) is 29.4 Å². The second kappa shape index (κ2) is 8.51. The third kappa shape index (κ3) is 4.97. The van der Waals surface area contributed by atoms with Crippen LogP contribution >= 0.6 is 0 Å². The molecule has 10 nitrogen and oxygen atoms in total. The highest BCUT2D eigenvalue weighted by Crippen LogP contribution is 2.15. The van der Waals surface area contributed by atoms with Gasteiger partial charge in [0.25, 0.3) is 0 Å². The van der Waals surface area contributed by atoms with Crippen LogP contribution in [0.5, 0.6) is 0 Å². The van der Waals surface area contributed by atoms with E-state index in [-0.39, 0.29) is 6.42 Å². The van der Waals surface area contributed by atoms with E-state index in [1.807, 2.05) is 0 Å². The minimum absolute atomic E-state index is 0.247. The lowest BCUT2D eigenvalue weighted by Gasteiger charge is -2.07. The van der Waals surface area contributed by atoms with Crippen LogP contribution in [0, 0.1) is 0 Å². The summed E-state index contributed by atoms with van der Waals surface area (Å²) in [5.74, 6) is -0.175. The number of hydrogen-bond acceptors (Lipinski definition) is 7. The molecule has 0 fully saturated rings. The Morgan fingerprint density at radius 2 is 1.92 bits per heavy atom. The number of carboxylic acid groups (broad SMARTS) is 1. The van der Waals surface area contributed by atoms with Crippen LogP contribution in [0.4, 0.5) is 0 Å². The number of aliphatic carboxylic acids is 1. The Bertz CT molecular complexity index is 725. The predicted octanol–water partition coefficient (Wildman–Crippen LogP) is 1.13. The molecule has 1 aromatic carbocycles. The fourth-order valence-corrected chi connectivity index (χ4v) is 1.95. The molecule has 10 heteroatoms. The summed E-state index contributed by atoms with van der Waals surface area (Å²) in [5.41, 5.74) is 15.2. The highest BCUT2D eigenvalue weighted by Gasteiger charge is 2.12. The third-order valence-corrected chi connectivity index (χ3v) is 3.23. The zero-order valence-electron chi connectivity index (χ0n) is 12.8. The number of hydrogen-bond donors (Lipinski definition) is 2. The lowest BCUT2D eigenvalue weighted by Crippen LogP contribution is -2.32. The lowest BCUT2D eigenvalue weighted by atomic mass is 10.0. The fraction of sp³-hybridized carbons (Fsp3) is 0.357. The smallest absolute Gasteiger partial charge is 0.320 e. The molecule has 1 atom stereocenters. The number of aryl methyl sites for hydroxylation is 1. The molecule has 24 heavy (non-hydrogen) atoms. The van der Waals surface area contributed by atoms with Gasteiger partial charge in [-0.05, 0) is 23.9 Å². The van der Waals surface area contributed by atoms with Crippen LogP contribution in [0.2, 0.25) is 0 Å². The zero-order chi connectivity index (χ0) is 17.4. The number of carboxylic acids is 1. The minimum Gasteiger partial charge on any atom is -0.480 e. The predicted molar refractivity (Wildman–Crippen MR) is 84.7 cm³/mol. The Morgan fingerprint density at radius 3 is 2.50 bits per heavy atom. The summed E-state index contributed by atoms with van der Waals surface area (Å²) in [6, 6.07) is 6.15. The van der Waals surface area contributed by atoms with Crippen LogP contribution in [0.1, 0.15) is 17.8 Å². The van der Waals surface area contributed by atoms with Crippen molar-refractivity contribution in [3.8, 4) is 11.4 Å². The Kier molecular flexibility index (Phi) is 6.12. The molecule has 1 heterocycles.